The lowest BCUT2D eigenvalue weighted by molar-refractivity contribution is -0.344. The fourth-order valence-electron chi connectivity index (χ4n) is 5.37. The summed E-state index contributed by atoms with van der Waals surface area (Å²) in [4.78, 5) is 35.4. The number of hydrogen-bond donors (Lipinski definition) is 2. The summed E-state index contributed by atoms with van der Waals surface area (Å²) >= 11 is 0. The van der Waals surface area contributed by atoms with Gasteiger partial charge in [0.15, 0.2) is 5.82 Å². The summed E-state index contributed by atoms with van der Waals surface area (Å²) in [5.41, 5.74) is 2.29. The fraction of sp³-hybridized carbons (Fsp3) is 0.286. The van der Waals surface area contributed by atoms with Crippen molar-refractivity contribution in [3.63, 3.8) is 0 Å². The average Bonchev–Trinajstić information content (AvgIpc) is 3.69. The van der Waals surface area contributed by atoms with Crippen LogP contribution in [0.3, 0.4) is 0 Å². The Kier molecular flexibility index (Phi) is 9.26. The van der Waals surface area contributed by atoms with Crippen LogP contribution >= 0.6 is 0 Å². The number of alkyl halides is 3. The number of hydrogen-bond acceptors (Lipinski definition) is 6. The van der Waals surface area contributed by atoms with E-state index in [9.17, 15) is 22.8 Å². The number of anilines is 2. The maximum Gasteiger partial charge on any atom is 0.416 e. The van der Waals surface area contributed by atoms with Crippen LogP contribution in [0.5, 0.6) is 5.75 Å². The largest absolute Gasteiger partial charge is 0.494 e. The number of aromatic amines is 1. The highest BCUT2D eigenvalue weighted by atomic mass is 19.4. The number of fused-ring (bicyclic) bond motifs is 3. The second-order valence-electron chi connectivity index (χ2n) is 11.8. The van der Waals surface area contributed by atoms with Gasteiger partial charge in [0.2, 0.25) is 11.6 Å². The molecule has 49 heavy (non-hydrogen) atoms. The Morgan fingerprint density at radius 2 is 1.94 bits per heavy atom. The summed E-state index contributed by atoms with van der Waals surface area (Å²) in [5.74, 6) is 6.61. The summed E-state index contributed by atoms with van der Waals surface area (Å²) in [7, 11) is 1.89. The van der Waals surface area contributed by atoms with E-state index in [4.69, 9.17) is 9.84 Å². The van der Waals surface area contributed by atoms with E-state index in [-0.39, 0.29) is 29.5 Å². The summed E-state index contributed by atoms with van der Waals surface area (Å²) < 4.78 is 50.8. The molecule has 3 N–H and O–H groups in total. The smallest absolute Gasteiger partial charge is 0.416 e. The highest BCUT2D eigenvalue weighted by molar-refractivity contribution is 6.06. The first-order valence-electron chi connectivity index (χ1n) is 15.7. The maximum absolute atomic E-state index is 13.9. The Labute approximate surface area is 280 Å². The summed E-state index contributed by atoms with van der Waals surface area (Å²) in [6.45, 7) is 4.73. The minimum atomic E-state index is -4.65. The van der Waals surface area contributed by atoms with Crippen LogP contribution in [0.25, 0.3) is 11.3 Å². The molecule has 0 atom stereocenters. The Morgan fingerprint density at radius 3 is 2.71 bits per heavy atom. The SMILES string of the molecule is Cc1cn(-c2cc(NC(=O)c3cc4cc(c3C)C#Cc3c[nH+]c5ccc(nn35)N(C)CCNC(=O)CCCCO4)cc(C(F)(F)F)c2)cn1. The number of imidazole rings is 2. The number of amides is 2. The van der Waals surface area contributed by atoms with Crippen molar-refractivity contribution in [2.45, 2.75) is 39.3 Å². The van der Waals surface area contributed by atoms with Crippen molar-refractivity contribution in [3.8, 4) is 23.3 Å². The van der Waals surface area contributed by atoms with Crippen molar-refractivity contribution in [3.05, 3.63) is 94.8 Å². The molecular weight excluding hydrogens is 637 g/mol. The molecule has 0 saturated carbocycles. The molecule has 0 spiro atoms. The highest BCUT2D eigenvalue weighted by Gasteiger charge is 2.32. The third-order valence-corrected chi connectivity index (χ3v) is 8.10. The van der Waals surface area contributed by atoms with Crippen LogP contribution in [0, 0.1) is 25.7 Å². The Morgan fingerprint density at radius 1 is 1.10 bits per heavy atom. The number of benzene rings is 2. The van der Waals surface area contributed by atoms with Gasteiger partial charge in [0.25, 0.3) is 5.91 Å². The molecule has 5 aromatic rings. The number of carbonyl (C=O) groups is 2. The summed E-state index contributed by atoms with van der Waals surface area (Å²) in [6, 6.07) is 10.3. The summed E-state index contributed by atoms with van der Waals surface area (Å²) in [5, 5.41) is 10.3. The van der Waals surface area contributed by atoms with Crippen LogP contribution in [-0.4, -0.2) is 57.7 Å². The molecule has 1 aliphatic heterocycles. The number of aromatic nitrogens is 5. The standard InChI is InChI=1S/C35H33F3N8O3/c1-22-20-45(21-41-22)28-16-25(35(36,37)38)15-26(17-28)42-34(48)30-18-29-14-24(23(30)2)7-8-27-19-40-31-9-10-32(43-46(27)31)44(3)12-11-39-33(47)6-4-5-13-49-29/h9-10,14-21H,4-6,11-13H2,1-3H3,(H,39,47)(H,42,48)/p+1. The number of carbonyl (C=O) groups excluding carboxylic acids is 2. The number of nitrogens with zero attached hydrogens (tertiary/aromatic N) is 5. The second kappa shape index (κ2) is 13.7. The van der Waals surface area contributed by atoms with Gasteiger partial charge < -0.3 is 24.8 Å². The van der Waals surface area contributed by atoms with Crippen molar-refractivity contribution in [1.29, 1.82) is 0 Å². The highest BCUT2D eigenvalue weighted by Crippen LogP contribution is 2.33. The quantitative estimate of drug-likeness (QED) is 0.268. The predicted molar refractivity (Wildman–Crippen MR) is 176 cm³/mol. The van der Waals surface area contributed by atoms with E-state index in [0.29, 0.717) is 72.1 Å². The van der Waals surface area contributed by atoms with Gasteiger partial charge in [0.05, 0.1) is 24.2 Å². The first-order chi connectivity index (χ1) is 23.4. The van der Waals surface area contributed by atoms with E-state index in [1.54, 1.807) is 42.9 Å². The lowest BCUT2D eigenvalue weighted by Gasteiger charge is -2.17. The molecule has 3 aromatic heterocycles. The van der Waals surface area contributed by atoms with Crippen molar-refractivity contribution in [1.82, 2.24) is 24.5 Å². The lowest BCUT2D eigenvalue weighted by atomic mass is 10.0. The van der Waals surface area contributed by atoms with E-state index in [0.717, 1.165) is 12.1 Å². The number of rotatable bonds is 3. The van der Waals surface area contributed by atoms with Gasteiger partial charge in [-0.05, 0) is 74.6 Å². The van der Waals surface area contributed by atoms with Crippen molar-refractivity contribution < 1.29 is 32.5 Å². The van der Waals surface area contributed by atoms with Gasteiger partial charge in [0.1, 0.15) is 11.9 Å². The molecule has 1 aliphatic rings. The van der Waals surface area contributed by atoms with Crippen LogP contribution in [-0.2, 0) is 11.0 Å². The van der Waals surface area contributed by atoms with Gasteiger partial charge in [0, 0.05) is 61.3 Å². The Hall–Kier alpha value is -5.84. The number of H-pyrrole nitrogens is 1. The first kappa shape index (κ1) is 33.1. The predicted octanol–water partition coefficient (Wildman–Crippen LogP) is 4.74. The molecule has 0 saturated heterocycles. The molecule has 4 heterocycles. The number of aryl methyl sites for hydroxylation is 1. The van der Waals surface area contributed by atoms with Gasteiger partial charge in [-0.25, -0.2) is 9.97 Å². The summed E-state index contributed by atoms with van der Waals surface area (Å²) in [6.07, 6.45) is 1.57. The zero-order valence-electron chi connectivity index (χ0n) is 27.1. The van der Waals surface area contributed by atoms with Gasteiger partial charge in [-0.3, -0.25) is 9.59 Å². The van der Waals surface area contributed by atoms with Gasteiger partial charge >= 0.3 is 11.8 Å². The molecule has 0 fully saturated rings. The van der Waals surface area contributed by atoms with Crippen LogP contribution in [0.15, 0.2) is 61.2 Å². The van der Waals surface area contributed by atoms with Crippen molar-refractivity contribution in [2.24, 2.45) is 0 Å². The minimum Gasteiger partial charge on any atom is -0.494 e. The van der Waals surface area contributed by atoms with Gasteiger partial charge in [-0.1, -0.05) is 15.5 Å². The number of likely N-dealkylation sites (N-methyl/N-ethyl adjacent to an activating group) is 1. The minimum absolute atomic E-state index is 0.0443. The van der Waals surface area contributed by atoms with Gasteiger partial charge in [-0.2, -0.15) is 13.2 Å². The molecule has 2 aromatic carbocycles. The second-order valence-corrected chi connectivity index (χ2v) is 11.8. The zero-order chi connectivity index (χ0) is 34.7. The molecule has 4 bridgehead atoms. The molecule has 14 heteroatoms. The molecule has 2 amide bonds. The lowest BCUT2D eigenvalue weighted by Crippen LogP contribution is -2.33. The van der Waals surface area contributed by atoms with Crippen molar-refractivity contribution in [2.75, 3.05) is 37.0 Å². The van der Waals surface area contributed by atoms with E-state index >= 15 is 0 Å². The molecule has 252 valence electrons. The number of ether oxygens (including phenoxy) is 1. The van der Waals surface area contributed by atoms with E-state index in [1.807, 2.05) is 24.1 Å². The van der Waals surface area contributed by atoms with E-state index in [1.165, 1.54) is 17.0 Å². The normalized spacial score (nSPS) is 14.2. The monoisotopic (exact) mass is 671 g/mol. The molecule has 0 radical (unpaired) electrons. The van der Waals surface area contributed by atoms with E-state index in [2.05, 4.69) is 32.4 Å². The maximum atomic E-state index is 13.9. The zero-order valence-corrected chi connectivity index (χ0v) is 27.1. The third-order valence-electron chi connectivity index (χ3n) is 8.10. The fourth-order valence-corrected chi connectivity index (χ4v) is 5.37. The number of nitrogens with one attached hydrogen (secondary N) is 3. The topological polar surface area (TPSA) is 120 Å². The van der Waals surface area contributed by atoms with E-state index < -0.39 is 17.6 Å². The molecule has 6 rings (SSSR count). The van der Waals surface area contributed by atoms with Crippen LogP contribution in [0.2, 0.25) is 0 Å². The number of halogens is 3. The third kappa shape index (κ3) is 7.67. The Bertz CT molecular complexity index is 2110. The molecule has 0 unspecified atom stereocenters. The van der Waals surface area contributed by atoms with Crippen LogP contribution < -0.4 is 25.3 Å². The molecule has 11 nitrogen and oxygen atoms in total. The van der Waals surface area contributed by atoms with Gasteiger partial charge in [-0.15, -0.1) is 0 Å². The van der Waals surface area contributed by atoms with Crippen LogP contribution in [0.1, 0.15) is 57.7 Å². The van der Waals surface area contributed by atoms with Crippen molar-refractivity contribution >= 4 is 29.0 Å². The first-order valence-corrected chi connectivity index (χ1v) is 15.7. The molecular formula is C35H34F3N8O3+. The molecule has 0 aliphatic carbocycles. The van der Waals surface area contributed by atoms with Crippen LogP contribution in [0.4, 0.5) is 24.7 Å². The average molecular weight is 672 g/mol. The Balaban J connectivity index is 1.38.